The summed E-state index contributed by atoms with van der Waals surface area (Å²) < 4.78 is 10.9. The van der Waals surface area contributed by atoms with Gasteiger partial charge in [-0.05, 0) is 62.7 Å². The number of rotatable bonds is 7. The monoisotopic (exact) mass is 370 g/mol. The molecule has 0 unspecified atom stereocenters. The number of nitrogens with zero attached hydrogens (tertiary/aromatic N) is 1. The van der Waals surface area contributed by atoms with E-state index < -0.39 is 0 Å². The summed E-state index contributed by atoms with van der Waals surface area (Å²) in [4.78, 5) is 26.0. The molecule has 0 aliphatic heterocycles. The molecule has 0 radical (unpaired) electrons. The van der Waals surface area contributed by atoms with E-state index in [9.17, 15) is 9.59 Å². The number of benzene rings is 2. The molecular formula is C21H26N2O4. The van der Waals surface area contributed by atoms with Crippen molar-refractivity contribution in [3.63, 3.8) is 0 Å². The number of carbonyl (C=O) groups excluding carboxylic acids is 2. The molecule has 0 atom stereocenters. The van der Waals surface area contributed by atoms with Crippen LogP contribution >= 0.6 is 0 Å². The lowest BCUT2D eigenvalue weighted by atomic mass is 10.2. The van der Waals surface area contributed by atoms with Gasteiger partial charge in [0.05, 0.1) is 18.9 Å². The Morgan fingerprint density at radius 3 is 2.33 bits per heavy atom. The number of methoxy groups -OCH3 is 1. The van der Waals surface area contributed by atoms with Crippen LogP contribution in [0.25, 0.3) is 0 Å². The standard InChI is InChI=1S/C21H26N2O4/c1-14(2)27-18-9-7-17(8-10-18)22-21(25)13-23(16(4)24)19-12-15(3)6-11-20(19)26-5/h6-12,14H,13H2,1-5H3,(H,22,25). The summed E-state index contributed by atoms with van der Waals surface area (Å²) in [7, 11) is 1.54. The maximum Gasteiger partial charge on any atom is 0.244 e. The number of hydrogen-bond acceptors (Lipinski definition) is 4. The zero-order chi connectivity index (χ0) is 20.0. The second kappa shape index (κ2) is 9.07. The van der Waals surface area contributed by atoms with Crippen LogP contribution in [-0.4, -0.2) is 31.6 Å². The van der Waals surface area contributed by atoms with Gasteiger partial charge >= 0.3 is 0 Å². The number of anilines is 2. The van der Waals surface area contributed by atoms with Gasteiger partial charge in [-0.2, -0.15) is 0 Å². The fourth-order valence-electron chi connectivity index (χ4n) is 2.61. The SMILES string of the molecule is COc1ccc(C)cc1N(CC(=O)Nc1ccc(OC(C)C)cc1)C(C)=O. The van der Waals surface area contributed by atoms with Crippen molar-refractivity contribution in [1.29, 1.82) is 0 Å². The predicted molar refractivity (Wildman–Crippen MR) is 107 cm³/mol. The van der Waals surface area contributed by atoms with Crippen LogP contribution < -0.4 is 19.7 Å². The third kappa shape index (κ3) is 5.74. The summed E-state index contributed by atoms with van der Waals surface area (Å²) in [5.41, 5.74) is 2.18. The summed E-state index contributed by atoms with van der Waals surface area (Å²) in [5, 5.41) is 2.80. The predicted octanol–water partition coefficient (Wildman–Crippen LogP) is 3.78. The average Bonchev–Trinajstić information content (AvgIpc) is 2.60. The zero-order valence-electron chi connectivity index (χ0n) is 16.4. The highest BCUT2D eigenvalue weighted by molar-refractivity contribution is 6.02. The van der Waals surface area contributed by atoms with Gasteiger partial charge in [-0.15, -0.1) is 0 Å². The Morgan fingerprint density at radius 1 is 1.11 bits per heavy atom. The molecule has 27 heavy (non-hydrogen) atoms. The molecule has 6 nitrogen and oxygen atoms in total. The highest BCUT2D eigenvalue weighted by Crippen LogP contribution is 2.29. The zero-order valence-corrected chi connectivity index (χ0v) is 16.4. The van der Waals surface area contributed by atoms with Crippen molar-refractivity contribution in [1.82, 2.24) is 0 Å². The Bertz CT molecular complexity index is 800. The Labute approximate surface area is 160 Å². The van der Waals surface area contributed by atoms with E-state index in [1.54, 1.807) is 30.3 Å². The number of aryl methyl sites for hydroxylation is 1. The van der Waals surface area contributed by atoms with E-state index in [0.29, 0.717) is 17.1 Å². The third-order valence-corrected chi connectivity index (χ3v) is 3.82. The minimum absolute atomic E-state index is 0.0823. The van der Waals surface area contributed by atoms with Crippen LogP contribution in [0.4, 0.5) is 11.4 Å². The number of ether oxygens (including phenoxy) is 2. The molecule has 0 saturated heterocycles. The molecule has 0 aliphatic carbocycles. The van der Waals surface area contributed by atoms with Crippen molar-refractivity contribution in [3.8, 4) is 11.5 Å². The van der Waals surface area contributed by atoms with Gasteiger partial charge in [0.25, 0.3) is 0 Å². The van der Waals surface area contributed by atoms with Crippen LogP contribution in [0.2, 0.25) is 0 Å². The van der Waals surface area contributed by atoms with Crippen LogP contribution in [0, 0.1) is 6.92 Å². The quantitative estimate of drug-likeness (QED) is 0.805. The average molecular weight is 370 g/mol. The van der Waals surface area contributed by atoms with E-state index in [4.69, 9.17) is 9.47 Å². The van der Waals surface area contributed by atoms with Crippen molar-refractivity contribution in [2.75, 3.05) is 23.9 Å². The lowest BCUT2D eigenvalue weighted by Crippen LogP contribution is -2.37. The fraction of sp³-hybridized carbons (Fsp3) is 0.333. The van der Waals surface area contributed by atoms with Gasteiger partial charge in [0.15, 0.2) is 0 Å². The minimum atomic E-state index is -0.300. The molecule has 0 saturated carbocycles. The number of amides is 2. The first-order valence-corrected chi connectivity index (χ1v) is 8.79. The van der Waals surface area contributed by atoms with Gasteiger partial charge < -0.3 is 14.8 Å². The lowest BCUT2D eigenvalue weighted by molar-refractivity contribution is -0.120. The normalized spacial score (nSPS) is 10.4. The molecule has 0 aliphatic rings. The Balaban J connectivity index is 2.12. The van der Waals surface area contributed by atoms with E-state index in [0.717, 1.165) is 11.3 Å². The summed E-state index contributed by atoms with van der Waals surface area (Å²) in [6, 6.07) is 12.6. The molecule has 0 fully saturated rings. The van der Waals surface area contributed by atoms with Crippen LogP contribution in [0.1, 0.15) is 26.3 Å². The smallest absolute Gasteiger partial charge is 0.244 e. The molecule has 2 rings (SSSR count). The Kier molecular flexibility index (Phi) is 6.82. The number of nitrogens with one attached hydrogen (secondary N) is 1. The van der Waals surface area contributed by atoms with Crippen molar-refractivity contribution in [3.05, 3.63) is 48.0 Å². The number of carbonyl (C=O) groups is 2. The molecule has 0 aromatic heterocycles. The van der Waals surface area contributed by atoms with E-state index >= 15 is 0 Å². The van der Waals surface area contributed by atoms with Crippen molar-refractivity contribution < 1.29 is 19.1 Å². The molecule has 2 aromatic rings. The first kappa shape index (κ1) is 20.3. The fourth-order valence-corrected chi connectivity index (χ4v) is 2.61. The van der Waals surface area contributed by atoms with Crippen LogP contribution in [0.5, 0.6) is 11.5 Å². The minimum Gasteiger partial charge on any atom is -0.495 e. The lowest BCUT2D eigenvalue weighted by Gasteiger charge is -2.23. The molecule has 144 valence electrons. The van der Waals surface area contributed by atoms with Crippen LogP contribution in [0.3, 0.4) is 0 Å². The summed E-state index contributed by atoms with van der Waals surface area (Å²) in [5.74, 6) is 0.734. The second-order valence-corrected chi connectivity index (χ2v) is 6.52. The Morgan fingerprint density at radius 2 is 1.78 bits per heavy atom. The van der Waals surface area contributed by atoms with Gasteiger partial charge in [0, 0.05) is 12.6 Å². The van der Waals surface area contributed by atoms with Crippen LogP contribution in [0.15, 0.2) is 42.5 Å². The molecule has 0 bridgehead atoms. The molecule has 1 N–H and O–H groups in total. The first-order valence-electron chi connectivity index (χ1n) is 8.79. The van der Waals surface area contributed by atoms with Gasteiger partial charge in [-0.25, -0.2) is 0 Å². The number of hydrogen-bond donors (Lipinski definition) is 1. The summed E-state index contributed by atoms with van der Waals surface area (Å²) >= 11 is 0. The van der Waals surface area contributed by atoms with E-state index in [1.165, 1.54) is 18.9 Å². The summed E-state index contributed by atoms with van der Waals surface area (Å²) in [6.45, 7) is 7.13. The topological polar surface area (TPSA) is 67.9 Å². The van der Waals surface area contributed by atoms with Crippen molar-refractivity contribution in [2.45, 2.75) is 33.8 Å². The van der Waals surface area contributed by atoms with E-state index in [2.05, 4.69) is 5.32 Å². The summed E-state index contributed by atoms with van der Waals surface area (Å²) in [6.07, 6.45) is 0.0823. The first-order chi connectivity index (χ1) is 12.8. The largest absolute Gasteiger partial charge is 0.495 e. The molecule has 0 spiro atoms. The van der Waals surface area contributed by atoms with Gasteiger partial charge in [-0.1, -0.05) is 6.07 Å². The van der Waals surface area contributed by atoms with Gasteiger partial charge in [0.1, 0.15) is 18.0 Å². The highest BCUT2D eigenvalue weighted by Gasteiger charge is 2.19. The Hall–Kier alpha value is -3.02. The maximum atomic E-state index is 12.5. The third-order valence-electron chi connectivity index (χ3n) is 3.82. The highest BCUT2D eigenvalue weighted by atomic mass is 16.5. The molecular weight excluding hydrogens is 344 g/mol. The van der Waals surface area contributed by atoms with E-state index in [1.807, 2.05) is 32.9 Å². The van der Waals surface area contributed by atoms with Gasteiger partial charge in [0.2, 0.25) is 11.8 Å². The molecule has 2 amide bonds. The molecule has 2 aromatic carbocycles. The van der Waals surface area contributed by atoms with Crippen molar-refractivity contribution >= 4 is 23.2 Å². The second-order valence-electron chi connectivity index (χ2n) is 6.52. The van der Waals surface area contributed by atoms with E-state index in [-0.39, 0.29) is 24.5 Å². The van der Waals surface area contributed by atoms with Crippen LogP contribution in [-0.2, 0) is 9.59 Å². The maximum absolute atomic E-state index is 12.5. The van der Waals surface area contributed by atoms with Crippen molar-refractivity contribution in [2.24, 2.45) is 0 Å². The molecule has 0 heterocycles. The van der Waals surface area contributed by atoms with Gasteiger partial charge in [-0.3, -0.25) is 14.5 Å². The molecule has 6 heteroatoms.